The summed E-state index contributed by atoms with van der Waals surface area (Å²) < 4.78 is 5.67. The summed E-state index contributed by atoms with van der Waals surface area (Å²) in [6, 6.07) is 8.79. The lowest BCUT2D eigenvalue weighted by Gasteiger charge is -2.39. The van der Waals surface area contributed by atoms with E-state index in [0.29, 0.717) is 0 Å². The molecule has 5 nitrogen and oxygen atoms in total. The van der Waals surface area contributed by atoms with Crippen LogP contribution in [0.2, 0.25) is 0 Å². The molecule has 2 heterocycles. The molecule has 5 heteroatoms. The molecule has 2 N–H and O–H groups in total. The third-order valence-corrected chi connectivity index (χ3v) is 6.15. The summed E-state index contributed by atoms with van der Waals surface area (Å²) in [5.41, 5.74) is 2.94. The van der Waals surface area contributed by atoms with Crippen molar-refractivity contribution in [2.24, 2.45) is 4.99 Å². The van der Waals surface area contributed by atoms with Crippen molar-refractivity contribution < 1.29 is 4.74 Å². The SMILES string of the molecule is CN=C(NCCN1CCCCC1)NCC1(c2ccccc2C)CCOCC1. The Bertz CT molecular complexity index is 604. The zero-order valence-corrected chi connectivity index (χ0v) is 17.1. The lowest BCUT2D eigenvalue weighted by Crippen LogP contribution is -2.49. The number of aryl methyl sites for hydroxylation is 1. The quantitative estimate of drug-likeness (QED) is 0.595. The topological polar surface area (TPSA) is 48.9 Å². The Morgan fingerprint density at radius 2 is 1.85 bits per heavy atom. The molecule has 3 rings (SSSR count). The van der Waals surface area contributed by atoms with Crippen LogP contribution in [0.1, 0.15) is 43.2 Å². The molecule has 0 amide bonds. The van der Waals surface area contributed by atoms with Crippen molar-refractivity contribution >= 4 is 5.96 Å². The predicted molar refractivity (Wildman–Crippen MR) is 113 cm³/mol. The Morgan fingerprint density at radius 3 is 2.56 bits per heavy atom. The molecule has 0 saturated carbocycles. The van der Waals surface area contributed by atoms with E-state index >= 15 is 0 Å². The molecule has 0 bridgehead atoms. The van der Waals surface area contributed by atoms with Crippen molar-refractivity contribution in [2.45, 2.75) is 44.4 Å². The molecular formula is C22H36N4O. The van der Waals surface area contributed by atoms with E-state index in [9.17, 15) is 0 Å². The van der Waals surface area contributed by atoms with Gasteiger partial charge in [-0.1, -0.05) is 30.7 Å². The van der Waals surface area contributed by atoms with Gasteiger partial charge in [-0.2, -0.15) is 0 Å². The van der Waals surface area contributed by atoms with E-state index in [2.05, 4.69) is 51.7 Å². The van der Waals surface area contributed by atoms with E-state index in [1.807, 2.05) is 7.05 Å². The van der Waals surface area contributed by atoms with Crippen LogP contribution in [0, 0.1) is 6.92 Å². The highest BCUT2D eigenvalue weighted by molar-refractivity contribution is 5.79. The lowest BCUT2D eigenvalue weighted by molar-refractivity contribution is 0.0512. The van der Waals surface area contributed by atoms with Gasteiger partial charge in [-0.3, -0.25) is 4.99 Å². The van der Waals surface area contributed by atoms with Crippen LogP contribution in [0.25, 0.3) is 0 Å². The summed E-state index contributed by atoms with van der Waals surface area (Å²) in [6.45, 7) is 9.29. The van der Waals surface area contributed by atoms with Crippen molar-refractivity contribution in [3.8, 4) is 0 Å². The summed E-state index contributed by atoms with van der Waals surface area (Å²) in [5.74, 6) is 0.909. The van der Waals surface area contributed by atoms with Gasteiger partial charge in [0.25, 0.3) is 0 Å². The van der Waals surface area contributed by atoms with Gasteiger partial charge >= 0.3 is 0 Å². The first-order valence-electron chi connectivity index (χ1n) is 10.5. The zero-order valence-electron chi connectivity index (χ0n) is 17.1. The standard InChI is InChI=1S/C22H36N4O/c1-19-8-4-5-9-20(19)22(10-16-27-17-11-22)18-25-21(23-2)24-12-15-26-13-6-3-7-14-26/h4-5,8-9H,3,6-7,10-18H2,1-2H3,(H2,23,24,25). The zero-order chi connectivity index (χ0) is 19.0. The first kappa shape index (κ1) is 20.2. The molecule has 0 aromatic heterocycles. The molecule has 2 saturated heterocycles. The number of aliphatic imine (C=N–C) groups is 1. The fourth-order valence-electron chi connectivity index (χ4n) is 4.46. The van der Waals surface area contributed by atoms with Crippen LogP contribution in [-0.2, 0) is 10.2 Å². The molecule has 0 radical (unpaired) electrons. The van der Waals surface area contributed by atoms with Gasteiger partial charge in [-0.15, -0.1) is 0 Å². The number of nitrogens with zero attached hydrogens (tertiary/aromatic N) is 2. The fraction of sp³-hybridized carbons (Fsp3) is 0.682. The predicted octanol–water partition coefficient (Wildman–Crippen LogP) is 2.69. The minimum absolute atomic E-state index is 0.119. The smallest absolute Gasteiger partial charge is 0.191 e. The summed E-state index contributed by atoms with van der Waals surface area (Å²) in [4.78, 5) is 7.00. The van der Waals surface area contributed by atoms with Crippen molar-refractivity contribution in [2.75, 3.05) is 53.0 Å². The minimum Gasteiger partial charge on any atom is -0.381 e. The number of piperidine rings is 1. The largest absolute Gasteiger partial charge is 0.381 e. The molecule has 150 valence electrons. The van der Waals surface area contributed by atoms with E-state index in [1.54, 1.807) is 0 Å². The molecule has 27 heavy (non-hydrogen) atoms. The Kier molecular flexibility index (Phi) is 7.53. The Hall–Kier alpha value is -1.59. The highest BCUT2D eigenvalue weighted by Gasteiger charge is 2.35. The number of likely N-dealkylation sites (tertiary alicyclic amines) is 1. The van der Waals surface area contributed by atoms with Crippen molar-refractivity contribution in [1.29, 1.82) is 0 Å². The van der Waals surface area contributed by atoms with Gasteiger partial charge in [-0.25, -0.2) is 0 Å². The van der Waals surface area contributed by atoms with Crippen LogP contribution in [0.4, 0.5) is 0 Å². The number of guanidine groups is 1. The van der Waals surface area contributed by atoms with Gasteiger partial charge in [-0.05, 0) is 56.8 Å². The highest BCUT2D eigenvalue weighted by Crippen LogP contribution is 2.36. The minimum atomic E-state index is 0.119. The van der Waals surface area contributed by atoms with Gasteiger partial charge in [0.1, 0.15) is 0 Å². The first-order chi connectivity index (χ1) is 13.2. The maximum atomic E-state index is 5.67. The second-order valence-electron chi connectivity index (χ2n) is 7.96. The third-order valence-electron chi connectivity index (χ3n) is 6.15. The Balaban J connectivity index is 1.56. The summed E-state index contributed by atoms with van der Waals surface area (Å²) in [7, 11) is 1.86. The molecule has 2 fully saturated rings. The van der Waals surface area contributed by atoms with Crippen LogP contribution in [-0.4, -0.2) is 63.8 Å². The van der Waals surface area contributed by atoms with Crippen LogP contribution in [0.15, 0.2) is 29.3 Å². The Labute approximate surface area is 164 Å². The molecule has 2 aliphatic rings. The van der Waals surface area contributed by atoms with Gasteiger partial charge in [0.05, 0.1) is 0 Å². The molecule has 1 aromatic rings. The molecule has 0 atom stereocenters. The molecule has 0 unspecified atom stereocenters. The average molecular weight is 373 g/mol. The Morgan fingerprint density at radius 1 is 1.11 bits per heavy atom. The monoisotopic (exact) mass is 372 g/mol. The fourth-order valence-corrected chi connectivity index (χ4v) is 4.46. The lowest BCUT2D eigenvalue weighted by atomic mass is 9.72. The van der Waals surface area contributed by atoms with Gasteiger partial charge < -0.3 is 20.3 Å². The van der Waals surface area contributed by atoms with E-state index in [4.69, 9.17) is 4.74 Å². The summed E-state index contributed by atoms with van der Waals surface area (Å²) in [5, 5.41) is 7.11. The molecule has 1 aromatic carbocycles. The van der Waals surface area contributed by atoms with E-state index < -0.39 is 0 Å². The van der Waals surface area contributed by atoms with Crippen LogP contribution in [0.3, 0.4) is 0 Å². The van der Waals surface area contributed by atoms with E-state index in [1.165, 1.54) is 43.5 Å². The summed E-state index contributed by atoms with van der Waals surface area (Å²) >= 11 is 0. The third kappa shape index (κ3) is 5.45. The van der Waals surface area contributed by atoms with Gasteiger partial charge in [0.15, 0.2) is 5.96 Å². The van der Waals surface area contributed by atoms with E-state index in [0.717, 1.165) is 51.6 Å². The second-order valence-corrected chi connectivity index (χ2v) is 7.96. The summed E-state index contributed by atoms with van der Waals surface area (Å²) in [6.07, 6.45) is 6.17. The highest BCUT2D eigenvalue weighted by atomic mass is 16.5. The number of ether oxygens (including phenoxy) is 1. The molecular weight excluding hydrogens is 336 g/mol. The number of benzene rings is 1. The van der Waals surface area contributed by atoms with Gasteiger partial charge in [0, 0.05) is 45.3 Å². The number of hydrogen-bond acceptors (Lipinski definition) is 3. The van der Waals surface area contributed by atoms with Crippen LogP contribution in [0.5, 0.6) is 0 Å². The van der Waals surface area contributed by atoms with Crippen LogP contribution < -0.4 is 10.6 Å². The number of rotatable bonds is 6. The van der Waals surface area contributed by atoms with Crippen molar-refractivity contribution in [1.82, 2.24) is 15.5 Å². The first-order valence-corrected chi connectivity index (χ1v) is 10.5. The number of hydrogen-bond donors (Lipinski definition) is 2. The average Bonchev–Trinajstić information content (AvgIpc) is 2.72. The van der Waals surface area contributed by atoms with Crippen molar-refractivity contribution in [3.05, 3.63) is 35.4 Å². The number of nitrogens with one attached hydrogen (secondary N) is 2. The molecule has 0 aliphatic carbocycles. The maximum absolute atomic E-state index is 5.67. The van der Waals surface area contributed by atoms with Gasteiger partial charge in [0.2, 0.25) is 0 Å². The second kappa shape index (κ2) is 10.1. The van der Waals surface area contributed by atoms with E-state index in [-0.39, 0.29) is 5.41 Å². The molecule has 2 aliphatic heterocycles. The van der Waals surface area contributed by atoms with Crippen molar-refractivity contribution in [3.63, 3.8) is 0 Å². The molecule has 0 spiro atoms. The van der Waals surface area contributed by atoms with Crippen LogP contribution >= 0.6 is 0 Å². The normalized spacial score (nSPS) is 21.0. The maximum Gasteiger partial charge on any atom is 0.191 e.